The van der Waals surface area contributed by atoms with Crippen molar-refractivity contribution in [3.05, 3.63) is 0 Å². The number of aliphatic hydroxyl groups is 8. The van der Waals surface area contributed by atoms with Gasteiger partial charge in [0.1, 0.15) is 67.1 Å². The third-order valence-electron chi connectivity index (χ3n) is 6.62. The first-order valence-corrected chi connectivity index (χ1v) is 11.3. The normalized spacial score (nSPS) is 49.8. The van der Waals surface area contributed by atoms with Gasteiger partial charge in [0, 0.05) is 7.11 Å². The van der Waals surface area contributed by atoms with Crippen molar-refractivity contribution < 1.29 is 74.4 Å². The molecule has 3 fully saturated rings. The van der Waals surface area contributed by atoms with Crippen LogP contribution in [-0.2, 0) is 28.4 Å². The average molecular weight is 518 g/mol. The zero-order valence-electron chi connectivity index (χ0n) is 19.3. The Morgan fingerprint density at radius 3 is 1.74 bits per heavy atom. The fourth-order valence-electron chi connectivity index (χ4n) is 4.54. The van der Waals surface area contributed by atoms with Gasteiger partial charge >= 0.3 is 0 Å². The Labute approximate surface area is 200 Å². The molecule has 0 aromatic carbocycles. The van der Waals surface area contributed by atoms with Gasteiger partial charge in [0.05, 0.1) is 19.8 Å². The Morgan fingerprint density at radius 1 is 0.771 bits per heavy atom. The molecule has 0 spiro atoms. The van der Waals surface area contributed by atoms with Gasteiger partial charge in [-0.1, -0.05) is 0 Å². The zero-order chi connectivity index (χ0) is 26.0. The highest BCUT2D eigenvalue weighted by molar-refractivity contribution is 4.97. The molecule has 3 saturated heterocycles. The van der Waals surface area contributed by atoms with Gasteiger partial charge in [0.2, 0.25) is 6.10 Å². The summed E-state index contributed by atoms with van der Waals surface area (Å²) >= 11 is 0. The average Bonchev–Trinajstić information content (AvgIpc) is 3.12. The molecule has 15 heteroatoms. The van der Waals surface area contributed by atoms with Gasteiger partial charge in [-0.15, -0.1) is 0 Å². The van der Waals surface area contributed by atoms with Crippen LogP contribution >= 0.6 is 0 Å². The molecule has 206 valence electrons. The van der Waals surface area contributed by atoms with E-state index < -0.39 is 112 Å². The monoisotopic (exact) mass is 517 g/mol. The lowest BCUT2D eigenvalue weighted by Gasteiger charge is -2.46. The predicted octanol–water partition coefficient (Wildman–Crippen LogP) is -6.12. The summed E-state index contributed by atoms with van der Waals surface area (Å²) < 4.78 is 32.8. The second-order valence-corrected chi connectivity index (χ2v) is 8.90. The van der Waals surface area contributed by atoms with Crippen molar-refractivity contribution in [2.24, 2.45) is 0 Å². The molecule has 15 nitrogen and oxygen atoms in total. The van der Waals surface area contributed by atoms with Gasteiger partial charge in [0.25, 0.3) is 0 Å². The zero-order valence-corrected chi connectivity index (χ0v) is 19.3. The number of ether oxygens (including phenoxy) is 6. The van der Waals surface area contributed by atoms with E-state index in [2.05, 4.69) is 0 Å². The number of hydrogen-bond acceptors (Lipinski definition) is 14. The van der Waals surface area contributed by atoms with Gasteiger partial charge in [-0.3, -0.25) is 0 Å². The maximum Gasteiger partial charge on any atom is 0.209 e. The van der Waals surface area contributed by atoms with Crippen LogP contribution in [0.1, 0.15) is 6.92 Å². The molecule has 3 aliphatic heterocycles. The van der Waals surface area contributed by atoms with Crippen LogP contribution < -0.4 is 0 Å². The molecule has 10 N–H and O–H groups in total. The molecule has 0 aliphatic carbocycles. The summed E-state index contributed by atoms with van der Waals surface area (Å²) in [5.74, 6) is 0. The first-order valence-electron chi connectivity index (χ1n) is 11.3. The van der Waals surface area contributed by atoms with E-state index in [0.29, 0.717) is 0 Å². The molecule has 3 aliphatic rings. The van der Waals surface area contributed by atoms with E-state index in [4.69, 9.17) is 33.5 Å². The quantitative estimate of drug-likeness (QED) is 0.133. The standard InChI is InChI=1S/C20H36O15/c1-6-10(25)18(15(31-6)7(24)3-21)35-20-14(29)17(12(27)9(5-23)33-20)34-19-13(28)16(30-2)11(26)8(4-22)32-19/h6-29H,3-5H2,1-2H3/p+1/t6?,7-,8?,9?,10?,11+,12+,13?,14?,15+,16?,17?,18?,19+,20-/m1/s1. The Morgan fingerprint density at radius 2 is 1.26 bits per heavy atom. The predicted molar refractivity (Wildman–Crippen MR) is 111 cm³/mol. The molecule has 0 bridgehead atoms. The van der Waals surface area contributed by atoms with Crippen LogP contribution in [0.5, 0.6) is 0 Å². The van der Waals surface area contributed by atoms with E-state index in [1.807, 2.05) is 0 Å². The molecule has 35 heavy (non-hydrogen) atoms. The van der Waals surface area contributed by atoms with Crippen molar-refractivity contribution in [1.82, 2.24) is 0 Å². The van der Waals surface area contributed by atoms with Crippen LogP contribution in [0.3, 0.4) is 0 Å². The maximum absolute atomic E-state index is 10.9. The van der Waals surface area contributed by atoms with Crippen molar-refractivity contribution in [2.45, 2.75) is 98.9 Å². The first-order chi connectivity index (χ1) is 16.6. The maximum atomic E-state index is 10.9. The SMILES string of the molecule is COC1C(O)[C@H](OC2C(O)[C@@H](OC3C([OH2+])C(C)O[C@H]3[C@H](O)CO)OC(CO)[C@@H]2O)OC(CO)[C@@H]1O. The highest BCUT2D eigenvalue weighted by atomic mass is 16.7. The largest absolute Gasteiger partial charge is 0.439 e. The van der Waals surface area contributed by atoms with E-state index in [1.165, 1.54) is 7.11 Å². The molecule has 3 rings (SSSR count). The minimum absolute atomic E-state index is 0.642. The highest BCUT2D eigenvalue weighted by Gasteiger charge is 2.55. The first kappa shape index (κ1) is 29.0. The Kier molecular flexibility index (Phi) is 10.2. The summed E-state index contributed by atoms with van der Waals surface area (Å²) in [5.41, 5.74) is 0. The van der Waals surface area contributed by atoms with Crippen molar-refractivity contribution in [1.29, 1.82) is 0 Å². The molecule has 0 aromatic rings. The van der Waals surface area contributed by atoms with E-state index in [9.17, 15) is 40.9 Å². The molecule has 0 radical (unpaired) electrons. The number of hydrogen-bond donors (Lipinski definition) is 8. The van der Waals surface area contributed by atoms with Crippen molar-refractivity contribution in [3.63, 3.8) is 0 Å². The second kappa shape index (κ2) is 12.3. The molecule has 9 unspecified atom stereocenters. The minimum Gasteiger partial charge on any atom is -0.439 e. The van der Waals surface area contributed by atoms with Gasteiger partial charge in [-0.2, -0.15) is 0 Å². The van der Waals surface area contributed by atoms with Crippen LogP contribution in [-0.4, -0.2) is 165 Å². The third-order valence-corrected chi connectivity index (χ3v) is 6.62. The molecule has 3 heterocycles. The summed E-state index contributed by atoms with van der Waals surface area (Å²) in [6, 6.07) is 0. The summed E-state index contributed by atoms with van der Waals surface area (Å²) in [7, 11) is 1.22. The van der Waals surface area contributed by atoms with Crippen LogP contribution in [0.4, 0.5) is 0 Å². The lowest BCUT2D eigenvalue weighted by atomic mass is 9.96. The molecule has 15 atom stereocenters. The Bertz CT molecular complexity index is 656. The van der Waals surface area contributed by atoms with Crippen LogP contribution in [0.2, 0.25) is 0 Å². The Hall–Kier alpha value is -0.600. The van der Waals surface area contributed by atoms with Crippen LogP contribution in [0.15, 0.2) is 0 Å². The highest BCUT2D eigenvalue weighted by Crippen LogP contribution is 2.33. The van der Waals surface area contributed by atoms with E-state index >= 15 is 0 Å². The van der Waals surface area contributed by atoms with Crippen molar-refractivity contribution in [3.8, 4) is 0 Å². The van der Waals surface area contributed by atoms with Gasteiger partial charge in [0.15, 0.2) is 18.7 Å². The number of methoxy groups -OCH3 is 1. The summed E-state index contributed by atoms with van der Waals surface area (Å²) in [5, 5.41) is 89.1. The smallest absolute Gasteiger partial charge is 0.209 e. The lowest BCUT2D eigenvalue weighted by molar-refractivity contribution is -0.367. The van der Waals surface area contributed by atoms with Gasteiger partial charge in [-0.05, 0) is 6.92 Å². The fourth-order valence-corrected chi connectivity index (χ4v) is 4.54. The summed E-state index contributed by atoms with van der Waals surface area (Å²) in [4.78, 5) is 0. The fraction of sp³-hybridized carbons (Fsp3) is 1.00. The van der Waals surface area contributed by atoms with Crippen molar-refractivity contribution >= 4 is 0 Å². The minimum atomic E-state index is -1.75. The summed E-state index contributed by atoms with van der Waals surface area (Å²) in [6.07, 6.45) is -20.2. The lowest BCUT2D eigenvalue weighted by Crippen LogP contribution is -2.65. The van der Waals surface area contributed by atoms with E-state index in [-0.39, 0.29) is 0 Å². The van der Waals surface area contributed by atoms with E-state index in [0.717, 1.165) is 0 Å². The molecular formula is C20H37O15+. The molecular weight excluding hydrogens is 480 g/mol. The van der Waals surface area contributed by atoms with Crippen LogP contribution in [0, 0.1) is 0 Å². The second-order valence-electron chi connectivity index (χ2n) is 8.90. The number of rotatable bonds is 9. The van der Waals surface area contributed by atoms with Gasteiger partial charge < -0.3 is 74.4 Å². The summed E-state index contributed by atoms with van der Waals surface area (Å²) in [6.45, 7) is -0.457. The number of aliphatic hydroxyl groups excluding tert-OH is 8. The van der Waals surface area contributed by atoms with Crippen LogP contribution in [0.25, 0.3) is 0 Å². The van der Waals surface area contributed by atoms with E-state index in [1.54, 1.807) is 6.92 Å². The topological polar surface area (TPSA) is 240 Å². The van der Waals surface area contributed by atoms with Gasteiger partial charge in [-0.25, -0.2) is 0 Å². The Balaban J connectivity index is 1.79. The van der Waals surface area contributed by atoms with Crippen molar-refractivity contribution in [2.75, 3.05) is 26.9 Å². The molecule has 0 amide bonds. The molecule has 0 aromatic heterocycles. The third kappa shape index (κ3) is 5.79. The molecule has 0 saturated carbocycles.